The second-order valence-corrected chi connectivity index (χ2v) is 5.74. The first-order valence-corrected chi connectivity index (χ1v) is 6.24. The van der Waals surface area contributed by atoms with Crippen LogP contribution >= 0.6 is 0 Å². The fourth-order valence-corrected chi connectivity index (χ4v) is 2.00. The van der Waals surface area contributed by atoms with Crippen molar-refractivity contribution in [1.29, 1.82) is 0 Å². The average molecular weight is 223 g/mol. The van der Waals surface area contributed by atoms with E-state index in [4.69, 9.17) is 0 Å². The molecular weight excluding hydrogens is 202 g/mol. The summed E-state index contributed by atoms with van der Waals surface area (Å²) < 4.78 is 24.5. The third kappa shape index (κ3) is 5.54. The highest BCUT2D eigenvalue weighted by molar-refractivity contribution is 7.89. The summed E-state index contributed by atoms with van der Waals surface area (Å²) in [7, 11) is 4.14. The number of likely N-dealkylation sites (N-methyl/N-ethyl adjacent to an activating group) is 2. The highest BCUT2D eigenvalue weighted by atomic mass is 32.2. The van der Waals surface area contributed by atoms with Gasteiger partial charge in [0.1, 0.15) is 0 Å². The van der Waals surface area contributed by atoms with Gasteiger partial charge in [-0.15, -0.1) is 0 Å². The molecule has 5 nitrogen and oxygen atoms in total. The molecule has 86 valence electrons. The highest BCUT2D eigenvalue weighted by Gasteiger charge is 2.16. The number of nitrogens with zero attached hydrogens (tertiary/aromatic N) is 2. The number of nitrogens with one attached hydrogen (secondary N) is 1. The molecule has 0 radical (unpaired) electrons. The molecule has 14 heavy (non-hydrogen) atoms. The largest absolute Gasteiger partial charge is 0.319 e. The molecule has 0 spiro atoms. The molecule has 0 bridgehead atoms. The Bertz CT molecular complexity index is 239. The van der Waals surface area contributed by atoms with Gasteiger partial charge in [-0.2, -0.15) is 0 Å². The second-order valence-electron chi connectivity index (χ2n) is 3.54. The Morgan fingerprint density at radius 2 is 1.71 bits per heavy atom. The van der Waals surface area contributed by atoms with Crippen LogP contribution in [0.2, 0.25) is 0 Å². The van der Waals surface area contributed by atoms with Crippen LogP contribution < -0.4 is 5.32 Å². The van der Waals surface area contributed by atoms with Gasteiger partial charge in [0.15, 0.2) is 0 Å². The van der Waals surface area contributed by atoms with Gasteiger partial charge in [0, 0.05) is 26.7 Å². The zero-order valence-corrected chi connectivity index (χ0v) is 10.3. The van der Waals surface area contributed by atoms with Crippen LogP contribution in [0, 0.1) is 0 Å². The van der Waals surface area contributed by atoms with Crippen LogP contribution in [0.4, 0.5) is 0 Å². The molecular formula is C8H21N3O2S. The van der Waals surface area contributed by atoms with Crippen LogP contribution in [0.3, 0.4) is 0 Å². The average Bonchev–Trinajstić information content (AvgIpc) is 2.10. The summed E-state index contributed by atoms with van der Waals surface area (Å²) in [4.78, 5) is 1.96. The topological polar surface area (TPSA) is 52.7 Å². The third-order valence-corrected chi connectivity index (χ3v) is 3.80. The molecule has 0 saturated carbocycles. The monoisotopic (exact) mass is 223 g/mol. The van der Waals surface area contributed by atoms with Gasteiger partial charge in [0.05, 0.1) is 5.75 Å². The zero-order valence-electron chi connectivity index (χ0n) is 9.45. The molecule has 0 fully saturated rings. The molecule has 0 amide bonds. The number of hydrogen-bond donors (Lipinski definition) is 1. The van der Waals surface area contributed by atoms with E-state index in [0.29, 0.717) is 13.1 Å². The molecule has 0 rings (SSSR count). The SMILES string of the molecule is CNCCS(=O)(=O)N(C)CCN(C)C. The molecule has 0 aromatic heterocycles. The lowest BCUT2D eigenvalue weighted by atomic mass is 10.6. The maximum Gasteiger partial charge on any atom is 0.215 e. The molecule has 1 N–H and O–H groups in total. The normalized spacial score (nSPS) is 12.7. The summed E-state index contributed by atoms with van der Waals surface area (Å²) >= 11 is 0. The maximum atomic E-state index is 11.6. The lowest BCUT2D eigenvalue weighted by Gasteiger charge is -2.19. The van der Waals surface area contributed by atoms with Crippen LogP contribution in [0.1, 0.15) is 0 Å². The van der Waals surface area contributed by atoms with E-state index in [1.165, 1.54) is 4.31 Å². The first kappa shape index (κ1) is 13.8. The smallest absolute Gasteiger partial charge is 0.215 e. The zero-order chi connectivity index (χ0) is 11.2. The van der Waals surface area contributed by atoms with E-state index in [1.807, 2.05) is 19.0 Å². The van der Waals surface area contributed by atoms with Crippen molar-refractivity contribution in [2.24, 2.45) is 0 Å². The Balaban J connectivity index is 4.01. The van der Waals surface area contributed by atoms with Gasteiger partial charge in [-0.05, 0) is 21.1 Å². The Kier molecular flexibility index (Phi) is 6.26. The van der Waals surface area contributed by atoms with Gasteiger partial charge < -0.3 is 10.2 Å². The summed E-state index contributed by atoms with van der Waals surface area (Å²) in [5.41, 5.74) is 0. The lowest BCUT2D eigenvalue weighted by Crippen LogP contribution is -2.37. The van der Waals surface area contributed by atoms with E-state index in [1.54, 1.807) is 14.1 Å². The van der Waals surface area contributed by atoms with Crippen LogP contribution in [-0.2, 0) is 10.0 Å². The van der Waals surface area contributed by atoms with Gasteiger partial charge in [-0.3, -0.25) is 0 Å². The van der Waals surface area contributed by atoms with E-state index < -0.39 is 10.0 Å². The van der Waals surface area contributed by atoms with Crippen molar-refractivity contribution in [1.82, 2.24) is 14.5 Å². The third-order valence-electron chi connectivity index (χ3n) is 1.95. The summed E-state index contributed by atoms with van der Waals surface area (Å²) in [6.45, 7) is 1.78. The first-order valence-electron chi connectivity index (χ1n) is 4.63. The number of sulfonamides is 1. The van der Waals surface area contributed by atoms with Crippen molar-refractivity contribution < 1.29 is 8.42 Å². The van der Waals surface area contributed by atoms with E-state index in [0.717, 1.165) is 6.54 Å². The van der Waals surface area contributed by atoms with Crippen molar-refractivity contribution >= 4 is 10.0 Å². The molecule has 0 heterocycles. The second kappa shape index (κ2) is 6.34. The Morgan fingerprint density at radius 1 is 1.14 bits per heavy atom. The fraction of sp³-hybridized carbons (Fsp3) is 1.00. The summed E-state index contributed by atoms with van der Waals surface area (Å²) in [5, 5.41) is 2.83. The molecule has 0 aromatic carbocycles. The van der Waals surface area contributed by atoms with Gasteiger partial charge in [0.25, 0.3) is 0 Å². The minimum Gasteiger partial charge on any atom is -0.319 e. The van der Waals surface area contributed by atoms with Gasteiger partial charge in [0.2, 0.25) is 10.0 Å². The molecule has 0 aliphatic heterocycles. The standard InChI is InChI=1S/C8H21N3O2S/c1-9-5-8-14(12,13)11(4)7-6-10(2)3/h9H,5-8H2,1-4H3. The van der Waals surface area contributed by atoms with Crippen LogP contribution in [0.25, 0.3) is 0 Å². The molecule has 0 unspecified atom stereocenters. The molecule has 0 aliphatic carbocycles. The highest BCUT2D eigenvalue weighted by Crippen LogP contribution is 1.96. The Hall–Kier alpha value is -0.170. The molecule has 0 atom stereocenters. The first-order chi connectivity index (χ1) is 6.40. The van der Waals surface area contributed by atoms with E-state index in [2.05, 4.69) is 5.32 Å². The molecule has 0 saturated heterocycles. The van der Waals surface area contributed by atoms with E-state index in [9.17, 15) is 8.42 Å². The summed E-state index contributed by atoms with van der Waals surface area (Å²) in [6.07, 6.45) is 0. The van der Waals surface area contributed by atoms with Crippen molar-refractivity contribution in [3.63, 3.8) is 0 Å². The molecule has 0 aliphatic rings. The van der Waals surface area contributed by atoms with Crippen LogP contribution in [-0.4, -0.2) is 71.2 Å². The van der Waals surface area contributed by atoms with Crippen molar-refractivity contribution in [3.05, 3.63) is 0 Å². The Labute approximate surface area is 87.1 Å². The number of hydrogen-bond acceptors (Lipinski definition) is 4. The minimum atomic E-state index is -3.07. The fourth-order valence-electron chi connectivity index (χ4n) is 0.867. The van der Waals surface area contributed by atoms with Crippen molar-refractivity contribution in [2.75, 3.05) is 53.6 Å². The Morgan fingerprint density at radius 3 is 2.14 bits per heavy atom. The predicted molar refractivity (Wildman–Crippen MR) is 58.9 cm³/mol. The molecule has 6 heteroatoms. The lowest BCUT2D eigenvalue weighted by molar-refractivity contribution is 0.358. The van der Waals surface area contributed by atoms with Crippen molar-refractivity contribution in [3.8, 4) is 0 Å². The maximum absolute atomic E-state index is 11.6. The van der Waals surface area contributed by atoms with E-state index >= 15 is 0 Å². The van der Waals surface area contributed by atoms with Crippen LogP contribution in [0.15, 0.2) is 0 Å². The van der Waals surface area contributed by atoms with Crippen LogP contribution in [0.5, 0.6) is 0 Å². The van der Waals surface area contributed by atoms with Gasteiger partial charge in [-0.1, -0.05) is 0 Å². The van der Waals surface area contributed by atoms with Crippen molar-refractivity contribution in [2.45, 2.75) is 0 Å². The van der Waals surface area contributed by atoms with E-state index in [-0.39, 0.29) is 5.75 Å². The summed E-state index contributed by atoms with van der Waals surface area (Å²) in [6, 6.07) is 0. The molecule has 0 aromatic rings. The number of rotatable bonds is 7. The quantitative estimate of drug-likeness (QED) is 0.603. The van der Waals surface area contributed by atoms with Gasteiger partial charge in [-0.25, -0.2) is 12.7 Å². The van der Waals surface area contributed by atoms with Gasteiger partial charge >= 0.3 is 0 Å². The summed E-state index contributed by atoms with van der Waals surface area (Å²) in [5.74, 6) is 0.160. The minimum absolute atomic E-state index is 0.160. The predicted octanol–water partition coefficient (Wildman–Crippen LogP) is -0.971.